The van der Waals surface area contributed by atoms with Crippen LogP contribution in [0.2, 0.25) is 0 Å². The molecular weight excluding hydrogens is 266 g/mol. The molecule has 1 saturated carbocycles. The van der Waals surface area contributed by atoms with Crippen molar-refractivity contribution >= 4 is 11.9 Å². The molecule has 0 spiro atoms. The smallest absolute Gasteiger partial charge is 0.323 e. The van der Waals surface area contributed by atoms with Gasteiger partial charge in [-0.05, 0) is 24.7 Å². The lowest BCUT2D eigenvalue weighted by Gasteiger charge is -2.26. The van der Waals surface area contributed by atoms with E-state index in [2.05, 4.69) is 27.2 Å². The predicted molar refractivity (Wildman–Crippen MR) is 84.3 cm³/mol. The first-order chi connectivity index (χ1) is 10.2. The molecule has 1 fully saturated rings. The second-order valence-electron chi connectivity index (χ2n) is 5.99. The average molecular weight is 293 g/mol. The number of aromatic nitrogens is 3. The third-order valence-electron chi connectivity index (χ3n) is 4.04. The van der Waals surface area contributed by atoms with E-state index in [1.54, 1.807) is 0 Å². The molecule has 1 aromatic heterocycles. The van der Waals surface area contributed by atoms with Crippen LogP contribution in [-0.2, 0) is 0 Å². The number of nitrogens with one attached hydrogen (secondary N) is 1. The van der Waals surface area contributed by atoms with E-state index in [1.165, 1.54) is 25.7 Å². The van der Waals surface area contributed by atoms with Crippen molar-refractivity contribution in [2.75, 3.05) is 24.2 Å². The Morgan fingerprint density at radius 2 is 1.95 bits per heavy atom. The molecule has 0 radical (unpaired) electrons. The summed E-state index contributed by atoms with van der Waals surface area (Å²) in [5, 5.41) is 3.24. The number of hydrogen-bond acceptors (Lipinski definition) is 6. The Bertz CT molecular complexity index is 432. The number of ether oxygens (including phenoxy) is 1. The molecular formula is C15H27N5O. The molecule has 1 aliphatic carbocycles. The maximum Gasteiger partial charge on any atom is 0.323 e. The van der Waals surface area contributed by atoms with Crippen LogP contribution < -0.4 is 15.8 Å². The Hall–Kier alpha value is -1.59. The number of nitrogens with zero attached hydrogens (tertiary/aromatic N) is 3. The van der Waals surface area contributed by atoms with Crippen LogP contribution in [0.5, 0.6) is 6.01 Å². The van der Waals surface area contributed by atoms with Crippen LogP contribution in [-0.4, -0.2) is 28.1 Å². The SMILES string of the molecule is CCCOc1nc(N)nc(NCCC2CCC(C)CC2)n1. The molecule has 0 saturated heterocycles. The van der Waals surface area contributed by atoms with E-state index < -0.39 is 0 Å². The summed E-state index contributed by atoms with van der Waals surface area (Å²) in [7, 11) is 0. The van der Waals surface area contributed by atoms with Crippen LogP contribution in [0.15, 0.2) is 0 Å². The Balaban J connectivity index is 1.78. The van der Waals surface area contributed by atoms with Crippen LogP contribution in [0.4, 0.5) is 11.9 Å². The van der Waals surface area contributed by atoms with Gasteiger partial charge in [-0.25, -0.2) is 0 Å². The standard InChI is InChI=1S/C15H27N5O/c1-3-10-21-15-19-13(16)18-14(20-15)17-9-8-12-6-4-11(2)5-7-12/h11-12H,3-10H2,1-2H3,(H3,16,17,18,19,20). The van der Waals surface area contributed by atoms with Gasteiger partial charge in [0, 0.05) is 6.54 Å². The summed E-state index contributed by atoms with van der Waals surface area (Å²) < 4.78 is 5.40. The number of nitrogen functional groups attached to an aromatic ring is 1. The van der Waals surface area contributed by atoms with Gasteiger partial charge in [-0.1, -0.05) is 39.5 Å². The molecule has 1 aliphatic rings. The molecule has 0 amide bonds. The van der Waals surface area contributed by atoms with E-state index >= 15 is 0 Å². The molecule has 21 heavy (non-hydrogen) atoms. The molecule has 2 rings (SSSR count). The van der Waals surface area contributed by atoms with Crippen molar-refractivity contribution in [1.82, 2.24) is 15.0 Å². The molecule has 0 unspecified atom stereocenters. The van der Waals surface area contributed by atoms with Crippen molar-refractivity contribution in [3.8, 4) is 6.01 Å². The van der Waals surface area contributed by atoms with Gasteiger partial charge in [0.05, 0.1) is 6.61 Å². The summed E-state index contributed by atoms with van der Waals surface area (Å²) >= 11 is 0. The van der Waals surface area contributed by atoms with E-state index in [9.17, 15) is 0 Å². The zero-order chi connectivity index (χ0) is 15.1. The highest BCUT2D eigenvalue weighted by molar-refractivity contribution is 5.32. The lowest BCUT2D eigenvalue weighted by molar-refractivity contribution is 0.281. The minimum Gasteiger partial charge on any atom is -0.463 e. The first kappa shape index (κ1) is 15.8. The Kier molecular flexibility index (Phi) is 6.02. The van der Waals surface area contributed by atoms with E-state index in [0.717, 1.165) is 31.2 Å². The zero-order valence-electron chi connectivity index (χ0n) is 13.1. The highest BCUT2D eigenvalue weighted by Gasteiger charge is 2.17. The molecule has 0 aromatic carbocycles. The van der Waals surface area contributed by atoms with Gasteiger partial charge in [-0.2, -0.15) is 15.0 Å². The predicted octanol–water partition coefficient (Wildman–Crippen LogP) is 2.87. The minimum absolute atomic E-state index is 0.199. The lowest BCUT2D eigenvalue weighted by Crippen LogP contribution is -2.17. The van der Waals surface area contributed by atoms with Gasteiger partial charge in [0.1, 0.15) is 0 Å². The largest absolute Gasteiger partial charge is 0.463 e. The van der Waals surface area contributed by atoms with E-state index in [-0.39, 0.29) is 5.95 Å². The number of anilines is 2. The first-order valence-electron chi connectivity index (χ1n) is 8.05. The van der Waals surface area contributed by atoms with E-state index in [4.69, 9.17) is 10.5 Å². The highest BCUT2D eigenvalue weighted by atomic mass is 16.5. The van der Waals surface area contributed by atoms with Crippen molar-refractivity contribution in [3.63, 3.8) is 0 Å². The number of hydrogen-bond donors (Lipinski definition) is 2. The maximum absolute atomic E-state index is 5.68. The van der Waals surface area contributed by atoms with Crippen molar-refractivity contribution < 1.29 is 4.74 Å². The Morgan fingerprint density at radius 1 is 1.19 bits per heavy atom. The fourth-order valence-corrected chi connectivity index (χ4v) is 2.71. The maximum atomic E-state index is 5.68. The summed E-state index contributed by atoms with van der Waals surface area (Å²) in [6, 6.07) is 0.304. The number of nitrogens with two attached hydrogens (primary N) is 1. The third kappa shape index (κ3) is 5.36. The second-order valence-corrected chi connectivity index (χ2v) is 5.99. The second kappa shape index (κ2) is 8.00. The van der Waals surface area contributed by atoms with Crippen LogP contribution in [0.3, 0.4) is 0 Å². The normalized spacial score (nSPS) is 22.0. The van der Waals surface area contributed by atoms with Gasteiger partial charge in [0.25, 0.3) is 0 Å². The first-order valence-corrected chi connectivity index (χ1v) is 8.05. The van der Waals surface area contributed by atoms with Crippen LogP contribution in [0.25, 0.3) is 0 Å². The average Bonchev–Trinajstić information content (AvgIpc) is 2.47. The van der Waals surface area contributed by atoms with E-state index in [1.807, 2.05) is 6.92 Å². The van der Waals surface area contributed by atoms with Crippen molar-refractivity contribution in [1.29, 1.82) is 0 Å². The third-order valence-corrected chi connectivity index (χ3v) is 4.04. The van der Waals surface area contributed by atoms with Crippen molar-refractivity contribution in [2.45, 2.75) is 52.4 Å². The zero-order valence-corrected chi connectivity index (χ0v) is 13.1. The Labute approximate surface area is 126 Å². The molecule has 118 valence electrons. The summed E-state index contributed by atoms with van der Waals surface area (Å²) in [5.41, 5.74) is 5.68. The molecule has 6 heteroatoms. The molecule has 1 heterocycles. The lowest BCUT2D eigenvalue weighted by atomic mass is 9.81. The topological polar surface area (TPSA) is 86.0 Å². The minimum atomic E-state index is 0.199. The van der Waals surface area contributed by atoms with Crippen molar-refractivity contribution in [2.24, 2.45) is 11.8 Å². The number of rotatable bonds is 7. The highest BCUT2D eigenvalue weighted by Crippen LogP contribution is 2.30. The summed E-state index contributed by atoms with van der Waals surface area (Å²) in [6.45, 7) is 5.84. The van der Waals surface area contributed by atoms with Gasteiger partial charge >= 0.3 is 6.01 Å². The van der Waals surface area contributed by atoms with E-state index in [0.29, 0.717) is 18.6 Å². The molecule has 1 aromatic rings. The van der Waals surface area contributed by atoms with Gasteiger partial charge in [-0.15, -0.1) is 0 Å². The fourth-order valence-electron chi connectivity index (χ4n) is 2.71. The molecule has 0 bridgehead atoms. The molecule has 0 aliphatic heterocycles. The summed E-state index contributed by atoms with van der Waals surface area (Å²) in [6.07, 6.45) is 7.47. The quantitative estimate of drug-likeness (QED) is 0.804. The van der Waals surface area contributed by atoms with Crippen LogP contribution in [0.1, 0.15) is 52.4 Å². The van der Waals surface area contributed by atoms with Crippen molar-refractivity contribution in [3.05, 3.63) is 0 Å². The fraction of sp³-hybridized carbons (Fsp3) is 0.800. The van der Waals surface area contributed by atoms with Gasteiger partial charge in [0.15, 0.2) is 0 Å². The molecule has 3 N–H and O–H groups in total. The molecule has 0 atom stereocenters. The van der Waals surface area contributed by atoms with Crippen LogP contribution >= 0.6 is 0 Å². The summed E-state index contributed by atoms with van der Waals surface area (Å²) in [5.74, 6) is 2.43. The molecule has 6 nitrogen and oxygen atoms in total. The summed E-state index contributed by atoms with van der Waals surface area (Å²) in [4.78, 5) is 12.3. The van der Waals surface area contributed by atoms with Gasteiger partial charge in [-0.3, -0.25) is 0 Å². The monoisotopic (exact) mass is 293 g/mol. The van der Waals surface area contributed by atoms with Gasteiger partial charge in [0.2, 0.25) is 11.9 Å². The Morgan fingerprint density at radius 3 is 2.67 bits per heavy atom. The van der Waals surface area contributed by atoms with Gasteiger partial charge < -0.3 is 15.8 Å². The van der Waals surface area contributed by atoms with Crippen LogP contribution in [0, 0.1) is 11.8 Å².